The van der Waals surface area contributed by atoms with Crippen molar-refractivity contribution in [3.63, 3.8) is 0 Å². The molecule has 0 atom stereocenters. The number of alkyl halides is 2. The topological polar surface area (TPSA) is 43.6 Å². The highest BCUT2D eigenvalue weighted by molar-refractivity contribution is 7.99. The van der Waals surface area contributed by atoms with Crippen LogP contribution in [0.15, 0.2) is 70.5 Å². The average molecular weight is 405 g/mol. The Bertz CT molecular complexity index is 905. The second-order valence-corrected chi connectivity index (χ2v) is 7.90. The molecule has 0 aliphatic rings. The van der Waals surface area contributed by atoms with Gasteiger partial charge >= 0.3 is 0 Å². The Morgan fingerprint density at radius 2 is 1.93 bits per heavy atom. The van der Waals surface area contributed by atoms with Gasteiger partial charge in [-0.3, -0.25) is 9.55 Å². The Balaban J connectivity index is 1.99. The summed E-state index contributed by atoms with van der Waals surface area (Å²) < 4.78 is 27.1. The van der Waals surface area contributed by atoms with E-state index in [-0.39, 0.29) is 0 Å². The lowest BCUT2D eigenvalue weighted by Crippen LogP contribution is -2.00. The van der Waals surface area contributed by atoms with E-state index in [4.69, 9.17) is 0 Å². The molecule has 140 valence electrons. The summed E-state index contributed by atoms with van der Waals surface area (Å²) >= 11 is 2.10. The molecule has 2 aromatic heterocycles. The van der Waals surface area contributed by atoms with Crippen LogP contribution in [0.1, 0.15) is 13.8 Å². The molecule has 0 aliphatic heterocycles. The van der Waals surface area contributed by atoms with Gasteiger partial charge in [0.25, 0.3) is 5.76 Å². The van der Waals surface area contributed by atoms with Gasteiger partial charge in [-0.15, -0.1) is 10.2 Å². The maximum absolute atomic E-state index is 12.6. The summed E-state index contributed by atoms with van der Waals surface area (Å²) in [6.45, 7) is 4.09. The number of nitrogens with zero attached hydrogens (tertiary/aromatic N) is 4. The van der Waals surface area contributed by atoms with Crippen molar-refractivity contribution in [3.8, 4) is 17.1 Å². The summed E-state index contributed by atoms with van der Waals surface area (Å²) in [5.41, 5.74) is 2.89. The van der Waals surface area contributed by atoms with E-state index in [1.807, 2.05) is 30.5 Å². The zero-order valence-electron chi connectivity index (χ0n) is 14.8. The highest BCUT2D eigenvalue weighted by Crippen LogP contribution is 2.30. The van der Waals surface area contributed by atoms with Crippen LogP contribution in [0.25, 0.3) is 17.1 Å². The standard InChI is InChI=1S/C19H18F2N4S2/c1-13(2)9-11-26-19-24-23-17(14-4-3-10-22-12-14)25(19)15-5-7-16(8-6-15)27-18(20)21/h3-10,12,18H,11H2,1-2H3. The molecule has 0 N–H and O–H groups in total. The van der Waals surface area contributed by atoms with Crippen molar-refractivity contribution in [3.05, 3.63) is 60.4 Å². The van der Waals surface area contributed by atoms with Crippen LogP contribution in [0.5, 0.6) is 0 Å². The molecule has 0 radical (unpaired) electrons. The lowest BCUT2D eigenvalue weighted by molar-refractivity contribution is 0.252. The lowest BCUT2D eigenvalue weighted by atomic mass is 10.2. The Morgan fingerprint density at radius 3 is 2.56 bits per heavy atom. The van der Waals surface area contributed by atoms with Crippen LogP contribution in [0.3, 0.4) is 0 Å². The molecule has 0 spiro atoms. The Kier molecular flexibility index (Phi) is 6.63. The summed E-state index contributed by atoms with van der Waals surface area (Å²) in [4.78, 5) is 4.67. The monoisotopic (exact) mass is 404 g/mol. The molecule has 0 aliphatic carbocycles. The van der Waals surface area contributed by atoms with Gasteiger partial charge in [-0.25, -0.2) is 0 Å². The van der Waals surface area contributed by atoms with Gasteiger partial charge in [0.2, 0.25) is 0 Å². The zero-order valence-corrected chi connectivity index (χ0v) is 16.5. The molecule has 3 aromatic rings. The van der Waals surface area contributed by atoms with E-state index in [1.54, 1.807) is 48.4 Å². The molecule has 0 amide bonds. The molecule has 8 heteroatoms. The summed E-state index contributed by atoms with van der Waals surface area (Å²) in [5.74, 6) is -1.00. The first-order chi connectivity index (χ1) is 13.0. The van der Waals surface area contributed by atoms with Crippen LogP contribution < -0.4 is 0 Å². The van der Waals surface area contributed by atoms with Gasteiger partial charge < -0.3 is 0 Å². The van der Waals surface area contributed by atoms with Gasteiger partial charge in [0.1, 0.15) is 0 Å². The third-order valence-electron chi connectivity index (χ3n) is 3.58. The largest absolute Gasteiger partial charge is 0.288 e. The van der Waals surface area contributed by atoms with E-state index < -0.39 is 5.76 Å². The SMILES string of the molecule is CC(C)=CCSc1nnc(-c2cccnc2)n1-c1ccc(SC(F)F)cc1. The van der Waals surface area contributed by atoms with Gasteiger partial charge in [0, 0.05) is 34.3 Å². The van der Waals surface area contributed by atoms with E-state index in [0.717, 1.165) is 22.2 Å². The predicted molar refractivity (Wildman–Crippen MR) is 107 cm³/mol. The first-order valence-corrected chi connectivity index (χ1v) is 10.1. The first kappa shape index (κ1) is 19.6. The van der Waals surface area contributed by atoms with Crippen LogP contribution in [0, 0.1) is 0 Å². The van der Waals surface area contributed by atoms with Crippen LogP contribution in [0.2, 0.25) is 0 Å². The number of benzene rings is 1. The average Bonchev–Trinajstić information content (AvgIpc) is 3.06. The molecule has 27 heavy (non-hydrogen) atoms. The van der Waals surface area contributed by atoms with E-state index in [1.165, 1.54) is 5.57 Å². The fourth-order valence-corrected chi connectivity index (χ4v) is 3.82. The van der Waals surface area contributed by atoms with Gasteiger partial charge in [0.15, 0.2) is 11.0 Å². The van der Waals surface area contributed by atoms with Crippen molar-refractivity contribution in [2.24, 2.45) is 0 Å². The number of rotatable bonds is 7. The van der Waals surface area contributed by atoms with Crippen molar-refractivity contribution in [1.29, 1.82) is 0 Å². The highest BCUT2D eigenvalue weighted by atomic mass is 32.2. The van der Waals surface area contributed by atoms with E-state index >= 15 is 0 Å². The minimum atomic E-state index is -2.44. The molecule has 0 fully saturated rings. The van der Waals surface area contributed by atoms with E-state index in [2.05, 4.69) is 21.3 Å². The zero-order chi connectivity index (χ0) is 19.2. The number of aromatic nitrogens is 4. The van der Waals surface area contributed by atoms with Crippen LogP contribution in [0.4, 0.5) is 8.78 Å². The van der Waals surface area contributed by atoms with E-state index in [9.17, 15) is 8.78 Å². The van der Waals surface area contributed by atoms with E-state index in [0.29, 0.717) is 22.5 Å². The highest BCUT2D eigenvalue weighted by Gasteiger charge is 2.16. The molecule has 0 saturated heterocycles. The number of allylic oxidation sites excluding steroid dienone is 1. The molecule has 0 saturated carbocycles. The van der Waals surface area contributed by atoms with Crippen molar-refractivity contribution < 1.29 is 8.78 Å². The predicted octanol–water partition coefficient (Wildman–Crippen LogP) is 5.70. The minimum absolute atomic E-state index is 0.517. The number of thioether (sulfide) groups is 2. The quantitative estimate of drug-likeness (QED) is 0.373. The number of hydrogen-bond acceptors (Lipinski definition) is 5. The third kappa shape index (κ3) is 5.17. The molecule has 3 rings (SSSR count). The number of hydrogen-bond donors (Lipinski definition) is 0. The second-order valence-electron chi connectivity index (χ2n) is 5.85. The Labute approximate surface area is 165 Å². The van der Waals surface area contributed by atoms with Crippen molar-refractivity contribution in [2.75, 3.05) is 5.75 Å². The summed E-state index contributed by atoms with van der Waals surface area (Å²) in [5, 5.41) is 9.40. The summed E-state index contributed by atoms with van der Waals surface area (Å²) in [6, 6.07) is 10.7. The molecule has 4 nitrogen and oxygen atoms in total. The second kappa shape index (κ2) is 9.14. The maximum atomic E-state index is 12.6. The smallest absolute Gasteiger partial charge is 0.270 e. The Morgan fingerprint density at radius 1 is 1.15 bits per heavy atom. The third-order valence-corrected chi connectivity index (χ3v) is 5.16. The molecule has 1 aromatic carbocycles. The van der Waals surface area contributed by atoms with Crippen LogP contribution in [-0.4, -0.2) is 31.3 Å². The fraction of sp³-hybridized carbons (Fsp3) is 0.211. The van der Waals surface area contributed by atoms with Gasteiger partial charge in [-0.05, 0) is 50.2 Å². The lowest BCUT2D eigenvalue weighted by Gasteiger charge is -2.10. The van der Waals surface area contributed by atoms with Crippen molar-refractivity contribution >= 4 is 23.5 Å². The first-order valence-electron chi connectivity index (χ1n) is 8.22. The van der Waals surface area contributed by atoms with Gasteiger partial charge in [-0.2, -0.15) is 8.78 Å². The van der Waals surface area contributed by atoms with Gasteiger partial charge in [-0.1, -0.05) is 35.2 Å². The molecule has 2 heterocycles. The number of pyridine rings is 1. The summed E-state index contributed by atoms with van der Waals surface area (Å²) in [7, 11) is 0. The Hall–Kier alpha value is -2.19. The van der Waals surface area contributed by atoms with Crippen molar-refractivity contribution in [1.82, 2.24) is 19.7 Å². The molecular weight excluding hydrogens is 386 g/mol. The van der Waals surface area contributed by atoms with Crippen LogP contribution in [-0.2, 0) is 0 Å². The number of halogens is 2. The van der Waals surface area contributed by atoms with Crippen molar-refractivity contribution in [2.45, 2.75) is 29.7 Å². The fourth-order valence-electron chi connectivity index (χ4n) is 2.34. The normalized spacial score (nSPS) is 11.0. The molecule has 0 bridgehead atoms. The molecular formula is C19H18F2N4S2. The molecule has 0 unspecified atom stereocenters. The maximum Gasteiger partial charge on any atom is 0.288 e. The van der Waals surface area contributed by atoms with Crippen LogP contribution >= 0.6 is 23.5 Å². The van der Waals surface area contributed by atoms with Gasteiger partial charge in [0.05, 0.1) is 0 Å². The minimum Gasteiger partial charge on any atom is -0.270 e. The summed E-state index contributed by atoms with van der Waals surface area (Å²) in [6.07, 6.45) is 5.55.